The number of aromatic nitrogens is 2. The molecule has 4 aromatic rings. The molecule has 0 spiro atoms. The van der Waals surface area contributed by atoms with E-state index in [0.29, 0.717) is 19.8 Å². The number of hydrogen-bond donors (Lipinski definition) is 2. The van der Waals surface area contributed by atoms with Gasteiger partial charge in [-0.1, -0.05) is 48.0 Å². The number of fused-ring (bicyclic) bond motifs is 1. The third kappa shape index (κ3) is 4.99. The van der Waals surface area contributed by atoms with Crippen molar-refractivity contribution in [3.63, 3.8) is 0 Å². The van der Waals surface area contributed by atoms with Gasteiger partial charge in [0.05, 0.1) is 24.2 Å². The van der Waals surface area contributed by atoms with Gasteiger partial charge < -0.3 is 19.8 Å². The summed E-state index contributed by atoms with van der Waals surface area (Å²) in [7, 11) is 0. The molecule has 1 heterocycles. The highest BCUT2D eigenvalue weighted by atomic mass is 16.5. The average Bonchev–Trinajstić information content (AvgIpc) is 3.16. The van der Waals surface area contributed by atoms with Crippen molar-refractivity contribution in [3.05, 3.63) is 89.2 Å². The lowest BCUT2D eigenvalue weighted by Gasteiger charge is -2.14. The van der Waals surface area contributed by atoms with Gasteiger partial charge in [-0.15, -0.1) is 0 Å². The fourth-order valence-corrected chi connectivity index (χ4v) is 3.43. The van der Waals surface area contributed by atoms with Gasteiger partial charge in [0.2, 0.25) is 0 Å². The Bertz CT molecular complexity index is 1090. The molecule has 0 atom stereocenters. The second kappa shape index (κ2) is 9.46. The quantitative estimate of drug-likeness (QED) is 0.408. The predicted molar refractivity (Wildman–Crippen MR) is 120 cm³/mol. The van der Waals surface area contributed by atoms with E-state index in [1.54, 1.807) is 0 Å². The predicted octanol–water partition coefficient (Wildman–Crippen LogP) is 5.14. The Morgan fingerprint density at radius 2 is 1.77 bits per heavy atom. The summed E-state index contributed by atoms with van der Waals surface area (Å²) in [4.78, 5) is 7.94. The van der Waals surface area contributed by atoms with Crippen molar-refractivity contribution < 1.29 is 9.47 Å². The van der Waals surface area contributed by atoms with Crippen molar-refractivity contribution >= 4 is 11.0 Å². The first-order chi connectivity index (χ1) is 14.7. The molecule has 30 heavy (non-hydrogen) atoms. The van der Waals surface area contributed by atoms with E-state index in [4.69, 9.17) is 9.47 Å². The zero-order valence-electron chi connectivity index (χ0n) is 17.4. The van der Waals surface area contributed by atoms with Gasteiger partial charge in [0, 0.05) is 6.54 Å². The SMILES string of the molecule is CCOc1cc(CNCc2nc3ccccc3[nH]2)ccc1OCc1cccc(C)c1. The number of para-hydroxylation sites is 2. The maximum absolute atomic E-state index is 6.03. The molecule has 1 aromatic heterocycles. The van der Waals surface area contributed by atoms with Crippen LogP contribution in [0.15, 0.2) is 66.7 Å². The number of nitrogens with zero attached hydrogens (tertiary/aromatic N) is 1. The molecule has 0 unspecified atom stereocenters. The third-order valence-corrected chi connectivity index (χ3v) is 4.84. The molecule has 0 aliphatic rings. The number of rotatable bonds is 9. The van der Waals surface area contributed by atoms with Gasteiger partial charge in [0.25, 0.3) is 0 Å². The van der Waals surface area contributed by atoms with Gasteiger partial charge in [0.1, 0.15) is 12.4 Å². The van der Waals surface area contributed by atoms with E-state index in [-0.39, 0.29) is 0 Å². The van der Waals surface area contributed by atoms with Crippen molar-refractivity contribution in [3.8, 4) is 11.5 Å². The Kier molecular flexibility index (Phi) is 6.30. The molecule has 0 aliphatic carbocycles. The molecular weight excluding hydrogens is 374 g/mol. The molecule has 0 saturated carbocycles. The number of benzene rings is 3. The van der Waals surface area contributed by atoms with Gasteiger partial charge in [-0.2, -0.15) is 0 Å². The van der Waals surface area contributed by atoms with E-state index >= 15 is 0 Å². The van der Waals surface area contributed by atoms with E-state index in [2.05, 4.69) is 46.5 Å². The molecule has 0 fully saturated rings. The number of nitrogens with one attached hydrogen (secondary N) is 2. The first-order valence-corrected chi connectivity index (χ1v) is 10.3. The summed E-state index contributed by atoms with van der Waals surface area (Å²) in [5.74, 6) is 2.46. The Morgan fingerprint density at radius 1 is 0.867 bits per heavy atom. The highest BCUT2D eigenvalue weighted by Crippen LogP contribution is 2.29. The smallest absolute Gasteiger partial charge is 0.161 e. The minimum atomic E-state index is 0.519. The summed E-state index contributed by atoms with van der Waals surface area (Å²) in [6.07, 6.45) is 0. The van der Waals surface area contributed by atoms with Crippen LogP contribution in [-0.2, 0) is 19.7 Å². The number of aryl methyl sites for hydroxylation is 1. The average molecular weight is 402 g/mol. The van der Waals surface area contributed by atoms with Crippen molar-refractivity contribution in [2.45, 2.75) is 33.5 Å². The molecule has 4 rings (SSSR count). The molecule has 2 N–H and O–H groups in total. The second-order valence-electron chi connectivity index (χ2n) is 7.30. The molecule has 5 nitrogen and oxygen atoms in total. The maximum Gasteiger partial charge on any atom is 0.161 e. The Morgan fingerprint density at radius 3 is 2.60 bits per heavy atom. The normalized spacial score (nSPS) is 11.0. The number of hydrogen-bond acceptors (Lipinski definition) is 4. The van der Waals surface area contributed by atoms with Crippen LogP contribution in [-0.4, -0.2) is 16.6 Å². The minimum Gasteiger partial charge on any atom is -0.490 e. The molecule has 0 aliphatic heterocycles. The monoisotopic (exact) mass is 401 g/mol. The number of imidazole rings is 1. The lowest BCUT2D eigenvalue weighted by Crippen LogP contribution is -2.14. The topological polar surface area (TPSA) is 59.2 Å². The molecule has 0 bridgehead atoms. The number of aromatic amines is 1. The van der Waals surface area contributed by atoms with Crippen molar-refractivity contribution in [1.82, 2.24) is 15.3 Å². The maximum atomic E-state index is 6.03. The molecule has 154 valence electrons. The largest absolute Gasteiger partial charge is 0.490 e. The minimum absolute atomic E-state index is 0.519. The van der Waals surface area contributed by atoms with Gasteiger partial charge >= 0.3 is 0 Å². The summed E-state index contributed by atoms with van der Waals surface area (Å²) in [6.45, 7) is 6.57. The van der Waals surface area contributed by atoms with Crippen LogP contribution >= 0.6 is 0 Å². The highest BCUT2D eigenvalue weighted by molar-refractivity contribution is 5.74. The zero-order valence-corrected chi connectivity index (χ0v) is 17.4. The van der Waals surface area contributed by atoms with E-state index in [0.717, 1.165) is 46.0 Å². The van der Waals surface area contributed by atoms with Crippen LogP contribution in [0.2, 0.25) is 0 Å². The van der Waals surface area contributed by atoms with E-state index in [1.807, 2.05) is 49.4 Å². The van der Waals surface area contributed by atoms with Crippen LogP contribution in [0.1, 0.15) is 29.4 Å². The van der Waals surface area contributed by atoms with Crippen molar-refractivity contribution in [2.24, 2.45) is 0 Å². The molecule has 5 heteroatoms. The van der Waals surface area contributed by atoms with Gasteiger partial charge in [-0.3, -0.25) is 0 Å². The lowest BCUT2D eigenvalue weighted by molar-refractivity contribution is 0.269. The summed E-state index contributed by atoms with van der Waals surface area (Å²) in [5.41, 5.74) is 5.56. The van der Waals surface area contributed by atoms with Crippen molar-refractivity contribution in [1.29, 1.82) is 0 Å². The highest BCUT2D eigenvalue weighted by Gasteiger charge is 2.08. The van der Waals surface area contributed by atoms with E-state index in [1.165, 1.54) is 5.56 Å². The first kappa shape index (κ1) is 20.0. The summed E-state index contributed by atoms with van der Waals surface area (Å²) >= 11 is 0. The summed E-state index contributed by atoms with van der Waals surface area (Å²) in [5, 5.41) is 3.44. The molecule has 0 saturated heterocycles. The van der Waals surface area contributed by atoms with Crippen LogP contribution < -0.4 is 14.8 Å². The van der Waals surface area contributed by atoms with Crippen LogP contribution in [0.25, 0.3) is 11.0 Å². The lowest BCUT2D eigenvalue weighted by atomic mass is 10.1. The van der Waals surface area contributed by atoms with Gasteiger partial charge in [-0.25, -0.2) is 4.98 Å². The van der Waals surface area contributed by atoms with Crippen LogP contribution in [0.5, 0.6) is 11.5 Å². The zero-order chi connectivity index (χ0) is 20.8. The molecule has 0 radical (unpaired) electrons. The van der Waals surface area contributed by atoms with Crippen LogP contribution in [0.4, 0.5) is 0 Å². The Balaban J connectivity index is 1.38. The number of H-pyrrole nitrogens is 1. The second-order valence-corrected chi connectivity index (χ2v) is 7.30. The molecule has 0 amide bonds. The fraction of sp³-hybridized carbons (Fsp3) is 0.240. The Hall–Kier alpha value is -3.31. The van der Waals surface area contributed by atoms with E-state index in [9.17, 15) is 0 Å². The standard InChI is InChI=1S/C25H27N3O2/c1-3-29-24-14-19(11-12-23(24)30-17-20-8-6-7-18(2)13-20)15-26-16-25-27-21-9-4-5-10-22(21)28-25/h4-14,26H,3,15-17H2,1-2H3,(H,27,28). The summed E-state index contributed by atoms with van der Waals surface area (Å²) in [6, 6.07) is 22.5. The van der Waals surface area contributed by atoms with Crippen molar-refractivity contribution in [2.75, 3.05) is 6.61 Å². The summed E-state index contributed by atoms with van der Waals surface area (Å²) < 4.78 is 11.9. The van der Waals surface area contributed by atoms with Gasteiger partial charge in [0.15, 0.2) is 11.5 Å². The van der Waals surface area contributed by atoms with Crippen LogP contribution in [0.3, 0.4) is 0 Å². The fourth-order valence-electron chi connectivity index (χ4n) is 3.43. The third-order valence-electron chi connectivity index (χ3n) is 4.84. The first-order valence-electron chi connectivity index (χ1n) is 10.3. The van der Waals surface area contributed by atoms with Crippen LogP contribution in [0, 0.1) is 6.92 Å². The Labute approximate surface area is 177 Å². The number of ether oxygens (including phenoxy) is 2. The molecular formula is C25H27N3O2. The molecule has 3 aromatic carbocycles. The van der Waals surface area contributed by atoms with Gasteiger partial charge in [-0.05, 0) is 49.2 Å². The van der Waals surface area contributed by atoms with E-state index < -0.39 is 0 Å².